The van der Waals surface area contributed by atoms with Gasteiger partial charge in [-0.1, -0.05) is 13.8 Å². The molecule has 2 aliphatic rings. The summed E-state index contributed by atoms with van der Waals surface area (Å²) in [6.07, 6.45) is 6.37. The quantitative estimate of drug-likeness (QED) is 0.462. The highest BCUT2D eigenvalue weighted by molar-refractivity contribution is 5.92. The number of non-ortho nitro benzene ring substituents is 1. The smallest absolute Gasteiger partial charge is 0.269 e. The van der Waals surface area contributed by atoms with Gasteiger partial charge >= 0.3 is 0 Å². The number of carbonyl (C=O) groups excluding carboxylic acids is 2. The molecule has 150 valence electrons. The molecule has 1 saturated carbocycles. The molecule has 4 atom stereocenters. The van der Waals surface area contributed by atoms with Crippen LogP contribution < -0.4 is 10.6 Å². The largest absolute Gasteiger partial charge is 0.353 e. The summed E-state index contributed by atoms with van der Waals surface area (Å²) >= 11 is 0. The van der Waals surface area contributed by atoms with Gasteiger partial charge in [-0.25, -0.2) is 0 Å². The van der Waals surface area contributed by atoms with Gasteiger partial charge in [0.15, 0.2) is 0 Å². The van der Waals surface area contributed by atoms with Crippen molar-refractivity contribution in [2.24, 2.45) is 17.8 Å². The van der Waals surface area contributed by atoms with Crippen LogP contribution in [-0.4, -0.2) is 28.8 Å². The van der Waals surface area contributed by atoms with Crippen molar-refractivity contribution in [3.63, 3.8) is 0 Å². The summed E-state index contributed by atoms with van der Waals surface area (Å²) in [5.41, 5.74) is 0.747. The van der Waals surface area contributed by atoms with Crippen molar-refractivity contribution in [3.8, 4) is 0 Å². The number of benzene rings is 1. The van der Waals surface area contributed by atoms with Gasteiger partial charge in [-0.15, -0.1) is 0 Å². The summed E-state index contributed by atoms with van der Waals surface area (Å²) in [6, 6.07) is 6.21. The van der Waals surface area contributed by atoms with Crippen LogP contribution in [0.4, 0.5) is 5.69 Å². The van der Waals surface area contributed by atoms with E-state index in [1.807, 2.05) is 0 Å². The fourth-order valence-electron chi connectivity index (χ4n) is 4.49. The molecule has 7 heteroatoms. The number of nitrogens with zero attached hydrogens (tertiary/aromatic N) is 1. The predicted molar refractivity (Wildman–Crippen MR) is 106 cm³/mol. The first-order valence-corrected chi connectivity index (χ1v) is 9.86. The normalized spacial score (nSPS) is 27.3. The second-order valence-corrected chi connectivity index (χ2v) is 8.15. The molecule has 0 radical (unpaired) electrons. The molecular weight excluding hydrogens is 358 g/mol. The fourth-order valence-corrected chi connectivity index (χ4v) is 4.49. The lowest BCUT2D eigenvalue weighted by atomic mass is 9.67. The van der Waals surface area contributed by atoms with Crippen LogP contribution in [0.15, 0.2) is 30.3 Å². The maximum absolute atomic E-state index is 12.3. The summed E-state index contributed by atoms with van der Waals surface area (Å²) in [5, 5.41) is 16.8. The van der Waals surface area contributed by atoms with E-state index in [1.54, 1.807) is 18.2 Å². The molecule has 1 aromatic carbocycles. The van der Waals surface area contributed by atoms with Crippen LogP contribution in [0, 0.1) is 27.9 Å². The van der Waals surface area contributed by atoms with Crippen molar-refractivity contribution in [2.75, 3.05) is 0 Å². The van der Waals surface area contributed by atoms with Crippen molar-refractivity contribution in [2.45, 2.75) is 51.6 Å². The van der Waals surface area contributed by atoms with Gasteiger partial charge in [0, 0.05) is 36.7 Å². The Morgan fingerprint density at radius 2 is 2.00 bits per heavy atom. The molecule has 0 spiro atoms. The number of carbonyl (C=O) groups is 2. The molecule has 28 heavy (non-hydrogen) atoms. The van der Waals surface area contributed by atoms with Gasteiger partial charge in [-0.05, 0) is 60.8 Å². The minimum absolute atomic E-state index is 0.0209. The monoisotopic (exact) mass is 385 g/mol. The molecule has 1 saturated heterocycles. The van der Waals surface area contributed by atoms with Gasteiger partial charge in [-0.3, -0.25) is 19.7 Å². The number of rotatable bonds is 5. The van der Waals surface area contributed by atoms with Crippen LogP contribution in [0.2, 0.25) is 0 Å². The van der Waals surface area contributed by atoms with Gasteiger partial charge in [-0.2, -0.15) is 0 Å². The van der Waals surface area contributed by atoms with E-state index in [0.717, 1.165) is 24.8 Å². The summed E-state index contributed by atoms with van der Waals surface area (Å²) in [6.45, 7) is 4.36. The molecule has 1 heterocycles. The summed E-state index contributed by atoms with van der Waals surface area (Å²) in [4.78, 5) is 34.5. The summed E-state index contributed by atoms with van der Waals surface area (Å²) in [5.74, 6) is 1.31. The molecule has 1 aromatic rings. The standard InChI is InChI=1S/C21H27N3O4/c1-13(2)18-12-21(26)23-19-11-15(6-9-17(18)19)22-20(25)10-5-14-3-7-16(8-4-14)24(27)28/h3-5,7-8,10,13,15,17-19H,6,9,11-12H2,1-2H3,(H,22,25)(H,23,26)/b10-5-. The lowest BCUT2D eigenvalue weighted by Crippen LogP contribution is -2.56. The Hall–Kier alpha value is -2.70. The molecule has 1 aliphatic heterocycles. The molecule has 3 rings (SSSR count). The van der Waals surface area contributed by atoms with E-state index in [1.165, 1.54) is 18.2 Å². The van der Waals surface area contributed by atoms with Crippen molar-refractivity contribution in [1.29, 1.82) is 0 Å². The average Bonchev–Trinajstić information content (AvgIpc) is 2.65. The second-order valence-electron chi connectivity index (χ2n) is 8.15. The van der Waals surface area contributed by atoms with Crippen LogP contribution in [0.25, 0.3) is 6.08 Å². The summed E-state index contributed by atoms with van der Waals surface area (Å²) < 4.78 is 0. The molecule has 0 bridgehead atoms. The van der Waals surface area contributed by atoms with E-state index < -0.39 is 4.92 Å². The number of hydrogen-bond donors (Lipinski definition) is 2. The molecule has 4 unspecified atom stereocenters. The third-order valence-electron chi connectivity index (χ3n) is 5.95. The Bertz CT molecular complexity index is 772. The SMILES string of the molecule is CC(C)C1CC(=O)NC2CC(NC(=O)/C=C\c3ccc([N+](=O)[O-])cc3)CCC21. The van der Waals surface area contributed by atoms with E-state index in [2.05, 4.69) is 24.5 Å². The highest BCUT2D eigenvalue weighted by atomic mass is 16.6. The van der Waals surface area contributed by atoms with Crippen LogP contribution in [0.1, 0.15) is 45.1 Å². The molecule has 2 fully saturated rings. The van der Waals surface area contributed by atoms with Gasteiger partial charge in [0.05, 0.1) is 4.92 Å². The summed E-state index contributed by atoms with van der Waals surface area (Å²) in [7, 11) is 0. The minimum Gasteiger partial charge on any atom is -0.353 e. The Kier molecular flexibility index (Phi) is 6.11. The lowest BCUT2D eigenvalue weighted by molar-refractivity contribution is -0.384. The minimum atomic E-state index is -0.454. The Labute approximate surface area is 164 Å². The lowest BCUT2D eigenvalue weighted by Gasteiger charge is -2.45. The van der Waals surface area contributed by atoms with Crippen LogP contribution in [-0.2, 0) is 9.59 Å². The topological polar surface area (TPSA) is 101 Å². The molecule has 7 nitrogen and oxygen atoms in total. The third kappa shape index (κ3) is 4.77. The predicted octanol–water partition coefficient (Wildman–Crippen LogP) is 3.05. The maximum atomic E-state index is 12.3. The first-order valence-electron chi connectivity index (χ1n) is 9.86. The average molecular weight is 385 g/mol. The first-order chi connectivity index (χ1) is 13.3. The van der Waals surface area contributed by atoms with Gasteiger partial charge in [0.2, 0.25) is 11.8 Å². The number of nitrogens with one attached hydrogen (secondary N) is 2. The van der Waals surface area contributed by atoms with E-state index in [-0.39, 0.29) is 29.6 Å². The van der Waals surface area contributed by atoms with Crippen molar-refractivity contribution < 1.29 is 14.5 Å². The molecular formula is C21H27N3O4. The third-order valence-corrected chi connectivity index (χ3v) is 5.95. The van der Waals surface area contributed by atoms with E-state index in [0.29, 0.717) is 24.2 Å². The zero-order valence-electron chi connectivity index (χ0n) is 16.3. The number of fused-ring (bicyclic) bond motifs is 1. The number of hydrogen-bond acceptors (Lipinski definition) is 4. The zero-order valence-corrected chi connectivity index (χ0v) is 16.3. The van der Waals surface area contributed by atoms with Crippen molar-refractivity contribution in [1.82, 2.24) is 10.6 Å². The molecule has 1 aliphatic carbocycles. The van der Waals surface area contributed by atoms with Gasteiger partial charge in [0.25, 0.3) is 5.69 Å². The van der Waals surface area contributed by atoms with Gasteiger partial charge in [0.1, 0.15) is 0 Å². The number of piperidine rings is 1. The highest BCUT2D eigenvalue weighted by Gasteiger charge is 2.41. The Morgan fingerprint density at radius 1 is 1.29 bits per heavy atom. The van der Waals surface area contributed by atoms with E-state index in [4.69, 9.17) is 0 Å². The van der Waals surface area contributed by atoms with Crippen molar-refractivity contribution in [3.05, 3.63) is 46.0 Å². The first kappa shape index (κ1) is 20.0. The highest BCUT2D eigenvalue weighted by Crippen LogP contribution is 2.38. The molecule has 0 aromatic heterocycles. The number of nitro groups is 1. The Balaban J connectivity index is 1.55. The maximum Gasteiger partial charge on any atom is 0.269 e. The van der Waals surface area contributed by atoms with E-state index in [9.17, 15) is 19.7 Å². The number of nitro benzene ring substituents is 1. The fraction of sp³-hybridized carbons (Fsp3) is 0.524. The Morgan fingerprint density at radius 3 is 2.64 bits per heavy atom. The molecule has 2 amide bonds. The van der Waals surface area contributed by atoms with Crippen LogP contribution >= 0.6 is 0 Å². The zero-order chi connectivity index (χ0) is 20.3. The second kappa shape index (κ2) is 8.54. The van der Waals surface area contributed by atoms with Crippen LogP contribution in [0.5, 0.6) is 0 Å². The molecule has 2 N–H and O–H groups in total. The van der Waals surface area contributed by atoms with Crippen molar-refractivity contribution >= 4 is 23.6 Å². The van der Waals surface area contributed by atoms with Gasteiger partial charge < -0.3 is 10.6 Å². The van der Waals surface area contributed by atoms with Crippen LogP contribution in [0.3, 0.4) is 0 Å². The van der Waals surface area contributed by atoms with E-state index >= 15 is 0 Å². The number of amides is 2.